The highest BCUT2D eigenvalue weighted by molar-refractivity contribution is 6.17. The predicted octanol–water partition coefficient (Wildman–Crippen LogP) is 2.91. The van der Waals surface area contributed by atoms with E-state index in [0.29, 0.717) is 18.5 Å². The van der Waals surface area contributed by atoms with Gasteiger partial charge in [0.15, 0.2) is 0 Å². The molecule has 0 atom stereocenters. The number of hydrogen-bond donors (Lipinski definition) is 0. The highest BCUT2D eigenvalue weighted by Crippen LogP contribution is 2.32. The van der Waals surface area contributed by atoms with Crippen molar-refractivity contribution in [3.05, 3.63) is 53.5 Å². The molecule has 0 bridgehead atoms. The van der Waals surface area contributed by atoms with E-state index in [-0.39, 0.29) is 6.10 Å². The SMILES string of the molecule is c1cc2c(c(OC3CCOCC3)n1)C(c1ccc3ncn(C4COC4)c3c1)=NC2. The average molecular weight is 390 g/mol. The van der Waals surface area contributed by atoms with Crippen molar-refractivity contribution >= 4 is 16.7 Å². The Morgan fingerprint density at radius 1 is 1.03 bits per heavy atom. The van der Waals surface area contributed by atoms with Crippen molar-refractivity contribution in [1.82, 2.24) is 14.5 Å². The number of ether oxygens (including phenoxy) is 3. The molecule has 0 amide bonds. The van der Waals surface area contributed by atoms with Gasteiger partial charge in [0, 0.05) is 24.6 Å². The van der Waals surface area contributed by atoms with E-state index >= 15 is 0 Å². The van der Waals surface area contributed by atoms with Crippen LogP contribution >= 0.6 is 0 Å². The molecule has 2 aromatic heterocycles. The fraction of sp³-hybridized carbons (Fsp3) is 0.409. The zero-order valence-corrected chi connectivity index (χ0v) is 16.1. The van der Waals surface area contributed by atoms with Crippen molar-refractivity contribution in [1.29, 1.82) is 0 Å². The van der Waals surface area contributed by atoms with Crippen molar-refractivity contribution in [3.63, 3.8) is 0 Å². The Bertz CT molecular complexity index is 1100. The molecule has 3 aliphatic rings. The van der Waals surface area contributed by atoms with Gasteiger partial charge in [-0.15, -0.1) is 0 Å². The Hall–Kier alpha value is -2.77. The van der Waals surface area contributed by atoms with E-state index in [1.165, 1.54) is 0 Å². The molecule has 0 radical (unpaired) electrons. The fourth-order valence-electron chi connectivity index (χ4n) is 4.23. The monoisotopic (exact) mass is 390 g/mol. The van der Waals surface area contributed by atoms with E-state index < -0.39 is 0 Å². The number of imidazole rings is 1. The summed E-state index contributed by atoms with van der Waals surface area (Å²) in [6.45, 7) is 3.63. The highest BCUT2D eigenvalue weighted by Gasteiger charge is 2.27. The third kappa shape index (κ3) is 2.92. The maximum atomic E-state index is 6.30. The summed E-state index contributed by atoms with van der Waals surface area (Å²) in [7, 11) is 0. The largest absolute Gasteiger partial charge is 0.474 e. The summed E-state index contributed by atoms with van der Waals surface area (Å²) >= 11 is 0. The lowest BCUT2D eigenvalue weighted by atomic mass is 10.0. The molecule has 7 heteroatoms. The molecule has 2 fully saturated rings. The van der Waals surface area contributed by atoms with Crippen molar-refractivity contribution in [2.45, 2.75) is 31.5 Å². The van der Waals surface area contributed by atoms with Gasteiger partial charge in [0.25, 0.3) is 0 Å². The number of pyridine rings is 1. The smallest absolute Gasteiger partial charge is 0.223 e. The summed E-state index contributed by atoms with van der Waals surface area (Å²) in [6, 6.07) is 8.74. The van der Waals surface area contributed by atoms with Crippen molar-refractivity contribution < 1.29 is 14.2 Å². The standard InChI is InChI=1S/C22H22N4O3/c1-2-18-19(26(13-25-18)16-11-28-12-16)9-14(1)21-20-15(10-24-21)3-6-23-22(20)29-17-4-7-27-8-5-17/h1-3,6,9,13,16-17H,4-5,7-8,10-12H2. The number of aromatic nitrogens is 3. The summed E-state index contributed by atoms with van der Waals surface area (Å²) in [5.41, 5.74) is 6.32. The van der Waals surface area contributed by atoms with Crippen LogP contribution in [0.4, 0.5) is 0 Å². The third-order valence-electron chi connectivity index (χ3n) is 5.96. The maximum Gasteiger partial charge on any atom is 0.223 e. The Balaban J connectivity index is 1.38. The van der Waals surface area contributed by atoms with Crippen LogP contribution in [-0.4, -0.2) is 52.8 Å². The van der Waals surface area contributed by atoms with Crippen LogP contribution in [0.5, 0.6) is 5.88 Å². The van der Waals surface area contributed by atoms with Crippen LogP contribution < -0.4 is 4.74 Å². The summed E-state index contributed by atoms with van der Waals surface area (Å²) in [4.78, 5) is 14.0. The Labute approximate surface area is 168 Å². The van der Waals surface area contributed by atoms with Gasteiger partial charge in [-0.05, 0) is 23.8 Å². The van der Waals surface area contributed by atoms with Gasteiger partial charge in [0.1, 0.15) is 6.10 Å². The summed E-state index contributed by atoms with van der Waals surface area (Å²) in [5, 5.41) is 0. The fourth-order valence-corrected chi connectivity index (χ4v) is 4.23. The van der Waals surface area contributed by atoms with Crippen LogP contribution in [-0.2, 0) is 16.0 Å². The van der Waals surface area contributed by atoms with Crippen molar-refractivity contribution in [3.8, 4) is 5.88 Å². The molecule has 148 valence electrons. The molecule has 0 aliphatic carbocycles. The zero-order chi connectivity index (χ0) is 19.2. The van der Waals surface area contributed by atoms with E-state index in [1.54, 1.807) is 0 Å². The lowest BCUT2D eigenvalue weighted by molar-refractivity contribution is -0.0216. The summed E-state index contributed by atoms with van der Waals surface area (Å²) in [5.74, 6) is 0.687. The van der Waals surface area contributed by atoms with Gasteiger partial charge in [0.05, 0.1) is 67.6 Å². The molecule has 0 unspecified atom stereocenters. The second-order valence-corrected chi connectivity index (χ2v) is 7.79. The number of hydrogen-bond acceptors (Lipinski definition) is 6. The first-order valence-electron chi connectivity index (χ1n) is 10.2. The van der Waals surface area contributed by atoms with E-state index in [2.05, 4.69) is 32.7 Å². The number of rotatable bonds is 4. The van der Waals surface area contributed by atoms with Crippen LogP contribution in [0, 0.1) is 0 Å². The first kappa shape index (κ1) is 17.1. The number of benzene rings is 1. The van der Waals surface area contributed by atoms with Crippen LogP contribution in [0.1, 0.15) is 35.6 Å². The van der Waals surface area contributed by atoms with Crippen molar-refractivity contribution in [2.24, 2.45) is 4.99 Å². The van der Waals surface area contributed by atoms with Gasteiger partial charge in [-0.1, -0.05) is 6.07 Å². The van der Waals surface area contributed by atoms with Crippen LogP contribution in [0.2, 0.25) is 0 Å². The highest BCUT2D eigenvalue weighted by atomic mass is 16.5. The minimum absolute atomic E-state index is 0.145. The quantitative estimate of drug-likeness (QED) is 0.685. The Morgan fingerprint density at radius 3 is 2.76 bits per heavy atom. The van der Waals surface area contributed by atoms with E-state index in [4.69, 9.17) is 19.2 Å². The first-order chi connectivity index (χ1) is 14.4. The van der Waals surface area contributed by atoms with Gasteiger partial charge < -0.3 is 18.8 Å². The Morgan fingerprint density at radius 2 is 1.93 bits per heavy atom. The van der Waals surface area contributed by atoms with Gasteiger partial charge in [-0.25, -0.2) is 9.97 Å². The molecular formula is C22H22N4O3. The predicted molar refractivity (Wildman–Crippen MR) is 108 cm³/mol. The van der Waals surface area contributed by atoms with Crippen LogP contribution in [0.3, 0.4) is 0 Å². The van der Waals surface area contributed by atoms with Crippen LogP contribution in [0.25, 0.3) is 11.0 Å². The molecule has 0 saturated carbocycles. The molecule has 3 aromatic rings. The second-order valence-electron chi connectivity index (χ2n) is 7.79. The van der Waals surface area contributed by atoms with E-state index in [0.717, 1.165) is 72.7 Å². The first-order valence-corrected chi connectivity index (χ1v) is 10.2. The molecule has 7 nitrogen and oxygen atoms in total. The average Bonchev–Trinajstić information content (AvgIpc) is 3.33. The minimum Gasteiger partial charge on any atom is -0.474 e. The van der Waals surface area contributed by atoms with Crippen LogP contribution in [0.15, 0.2) is 41.8 Å². The topological polar surface area (TPSA) is 70.8 Å². The zero-order valence-electron chi connectivity index (χ0n) is 16.1. The molecule has 0 spiro atoms. The van der Waals surface area contributed by atoms with Gasteiger partial charge in [-0.2, -0.15) is 0 Å². The lowest BCUT2D eigenvalue weighted by Gasteiger charge is -2.27. The third-order valence-corrected chi connectivity index (χ3v) is 5.96. The molecule has 29 heavy (non-hydrogen) atoms. The number of fused-ring (bicyclic) bond motifs is 2. The van der Waals surface area contributed by atoms with E-state index in [9.17, 15) is 0 Å². The molecular weight excluding hydrogens is 368 g/mol. The molecule has 2 saturated heterocycles. The summed E-state index contributed by atoms with van der Waals surface area (Å²) in [6.07, 6.45) is 5.67. The normalized spacial score (nSPS) is 19.8. The summed E-state index contributed by atoms with van der Waals surface area (Å²) < 4.78 is 19.3. The molecule has 1 aromatic carbocycles. The minimum atomic E-state index is 0.145. The molecule has 6 rings (SSSR count). The number of nitrogens with zero attached hydrogens (tertiary/aromatic N) is 4. The molecule has 0 N–H and O–H groups in total. The number of aliphatic imine (C=N–C) groups is 1. The van der Waals surface area contributed by atoms with Gasteiger partial charge in [-0.3, -0.25) is 4.99 Å². The Kier molecular flexibility index (Phi) is 4.09. The van der Waals surface area contributed by atoms with E-state index in [1.807, 2.05) is 18.6 Å². The maximum absolute atomic E-state index is 6.30. The van der Waals surface area contributed by atoms with Gasteiger partial charge in [0.2, 0.25) is 5.88 Å². The van der Waals surface area contributed by atoms with Crippen molar-refractivity contribution in [2.75, 3.05) is 26.4 Å². The van der Waals surface area contributed by atoms with Gasteiger partial charge >= 0.3 is 0 Å². The lowest BCUT2D eigenvalue weighted by Crippen LogP contribution is -2.30. The molecule has 3 aliphatic heterocycles. The molecule has 5 heterocycles. The second kappa shape index (κ2) is 6.93.